The minimum Gasteiger partial charge on any atom is -0.465 e. The van der Waals surface area contributed by atoms with Crippen LogP contribution in [-0.2, 0) is 6.54 Å². The van der Waals surface area contributed by atoms with Crippen molar-refractivity contribution >= 4 is 28.5 Å². The number of anilines is 3. The van der Waals surface area contributed by atoms with Gasteiger partial charge < -0.3 is 19.8 Å². The standard InChI is InChI=1S/C18H16F3N7O2/c1-10-2-5-13(30-10)8-22-15-25-16(27-17(26-15)29-9-18(19,20)21)24-12-4-3-11-7-23-28-14(11)6-12/h2-7H,8-9H2,1H3,(H,23,28)(H2,22,24,25,26,27). The summed E-state index contributed by atoms with van der Waals surface area (Å²) in [4.78, 5) is 12.0. The van der Waals surface area contributed by atoms with E-state index >= 15 is 0 Å². The van der Waals surface area contributed by atoms with E-state index in [2.05, 4.69) is 35.8 Å². The summed E-state index contributed by atoms with van der Waals surface area (Å²) in [6, 6.07) is 8.44. The molecule has 12 heteroatoms. The third kappa shape index (κ3) is 4.96. The smallest absolute Gasteiger partial charge is 0.422 e. The molecule has 0 fully saturated rings. The molecule has 4 aromatic rings. The van der Waals surface area contributed by atoms with E-state index < -0.39 is 18.8 Å². The van der Waals surface area contributed by atoms with Crippen LogP contribution in [-0.4, -0.2) is 37.9 Å². The van der Waals surface area contributed by atoms with Crippen molar-refractivity contribution in [2.24, 2.45) is 0 Å². The van der Waals surface area contributed by atoms with Crippen molar-refractivity contribution in [3.05, 3.63) is 48.0 Å². The summed E-state index contributed by atoms with van der Waals surface area (Å²) in [6.45, 7) is 0.511. The predicted molar refractivity (Wildman–Crippen MR) is 102 cm³/mol. The molecule has 0 atom stereocenters. The Balaban J connectivity index is 1.56. The number of fused-ring (bicyclic) bond motifs is 1. The van der Waals surface area contributed by atoms with Crippen LogP contribution in [0.15, 0.2) is 40.9 Å². The molecule has 156 valence electrons. The molecular formula is C18H16F3N7O2. The molecule has 30 heavy (non-hydrogen) atoms. The van der Waals surface area contributed by atoms with Gasteiger partial charge in [-0.2, -0.15) is 33.2 Å². The highest BCUT2D eigenvalue weighted by Crippen LogP contribution is 2.22. The highest BCUT2D eigenvalue weighted by Gasteiger charge is 2.29. The van der Waals surface area contributed by atoms with Gasteiger partial charge in [0.1, 0.15) is 11.5 Å². The van der Waals surface area contributed by atoms with E-state index in [0.717, 1.165) is 16.7 Å². The molecule has 0 spiro atoms. The van der Waals surface area contributed by atoms with Gasteiger partial charge in [0.2, 0.25) is 11.9 Å². The largest absolute Gasteiger partial charge is 0.465 e. The first kappa shape index (κ1) is 19.5. The number of H-pyrrole nitrogens is 1. The Bertz CT molecular complexity index is 1160. The maximum atomic E-state index is 12.5. The fourth-order valence-corrected chi connectivity index (χ4v) is 2.59. The van der Waals surface area contributed by atoms with Gasteiger partial charge in [0.05, 0.1) is 18.3 Å². The van der Waals surface area contributed by atoms with Crippen molar-refractivity contribution in [3.63, 3.8) is 0 Å². The van der Waals surface area contributed by atoms with Crippen LogP contribution in [0.5, 0.6) is 6.01 Å². The van der Waals surface area contributed by atoms with Crippen molar-refractivity contribution < 1.29 is 22.3 Å². The molecule has 0 aliphatic rings. The molecule has 0 unspecified atom stereocenters. The number of furan rings is 1. The fourth-order valence-electron chi connectivity index (χ4n) is 2.59. The van der Waals surface area contributed by atoms with Crippen molar-refractivity contribution in [2.75, 3.05) is 17.2 Å². The second-order valence-corrected chi connectivity index (χ2v) is 6.33. The van der Waals surface area contributed by atoms with E-state index in [4.69, 9.17) is 9.15 Å². The van der Waals surface area contributed by atoms with Crippen molar-refractivity contribution in [1.29, 1.82) is 0 Å². The van der Waals surface area contributed by atoms with E-state index in [1.807, 2.05) is 6.07 Å². The van der Waals surface area contributed by atoms with Gasteiger partial charge in [-0.3, -0.25) is 5.10 Å². The summed E-state index contributed by atoms with van der Waals surface area (Å²) in [7, 11) is 0. The SMILES string of the molecule is Cc1ccc(CNc2nc(Nc3ccc4cn[nH]c4c3)nc(OCC(F)(F)F)n2)o1. The Labute approximate surface area is 167 Å². The zero-order valence-electron chi connectivity index (χ0n) is 15.6. The van der Waals surface area contributed by atoms with Crippen LogP contribution >= 0.6 is 0 Å². The van der Waals surface area contributed by atoms with E-state index in [9.17, 15) is 13.2 Å². The number of rotatable bonds is 7. The molecule has 0 aliphatic carbocycles. The van der Waals surface area contributed by atoms with Gasteiger partial charge in [0.25, 0.3) is 0 Å². The normalized spacial score (nSPS) is 11.6. The number of benzene rings is 1. The molecule has 0 radical (unpaired) electrons. The minimum atomic E-state index is -4.52. The molecule has 1 aromatic carbocycles. The van der Waals surface area contributed by atoms with Crippen LogP contribution in [0.25, 0.3) is 10.9 Å². The molecule has 3 N–H and O–H groups in total. The zero-order chi connectivity index (χ0) is 21.1. The van der Waals surface area contributed by atoms with Gasteiger partial charge >= 0.3 is 12.2 Å². The summed E-state index contributed by atoms with van der Waals surface area (Å²) < 4.78 is 47.7. The Morgan fingerprint density at radius 3 is 2.70 bits per heavy atom. The molecule has 0 bridgehead atoms. The highest BCUT2D eigenvalue weighted by atomic mass is 19.4. The number of hydrogen-bond donors (Lipinski definition) is 3. The lowest BCUT2D eigenvalue weighted by molar-refractivity contribution is -0.154. The topological polar surface area (TPSA) is 114 Å². The predicted octanol–water partition coefficient (Wildman–Crippen LogP) is 3.95. The van der Waals surface area contributed by atoms with E-state index in [-0.39, 0.29) is 18.4 Å². The Morgan fingerprint density at radius 1 is 1.10 bits per heavy atom. The van der Waals surface area contributed by atoms with Gasteiger partial charge in [-0.25, -0.2) is 0 Å². The first-order valence-corrected chi connectivity index (χ1v) is 8.79. The molecule has 0 saturated heterocycles. The van der Waals surface area contributed by atoms with Gasteiger partial charge in [0, 0.05) is 11.1 Å². The number of halogens is 3. The zero-order valence-corrected chi connectivity index (χ0v) is 15.6. The summed E-state index contributed by atoms with van der Waals surface area (Å²) in [6.07, 6.45) is -2.85. The van der Waals surface area contributed by atoms with Gasteiger partial charge in [0.15, 0.2) is 6.61 Å². The van der Waals surface area contributed by atoms with Crippen LogP contribution in [0.1, 0.15) is 11.5 Å². The number of alkyl halides is 3. The fraction of sp³-hybridized carbons (Fsp3) is 0.222. The second-order valence-electron chi connectivity index (χ2n) is 6.33. The summed E-state index contributed by atoms with van der Waals surface area (Å²) in [5.41, 5.74) is 1.38. The van der Waals surface area contributed by atoms with Crippen molar-refractivity contribution in [1.82, 2.24) is 25.1 Å². The van der Waals surface area contributed by atoms with Gasteiger partial charge in [-0.1, -0.05) is 0 Å². The van der Waals surface area contributed by atoms with Crippen LogP contribution in [0.2, 0.25) is 0 Å². The first-order valence-electron chi connectivity index (χ1n) is 8.79. The summed E-state index contributed by atoms with van der Waals surface area (Å²) in [5.74, 6) is 1.39. The van der Waals surface area contributed by atoms with E-state index in [1.165, 1.54) is 0 Å². The lowest BCUT2D eigenvalue weighted by atomic mass is 10.2. The number of hydrogen-bond acceptors (Lipinski definition) is 8. The average molecular weight is 419 g/mol. The van der Waals surface area contributed by atoms with Crippen LogP contribution < -0.4 is 15.4 Å². The summed E-state index contributed by atoms with van der Waals surface area (Å²) >= 11 is 0. The monoisotopic (exact) mass is 419 g/mol. The van der Waals surface area contributed by atoms with E-state index in [1.54, 1.807) is 37.4 Å². The van der Waals surface area contributed by atoms with Gasteiger partial charge in [-0.05, 0) is 37.3 Å². The average Bonchev–Trinajstić information content (AvgIpc) is 3.32. The number of ether oxygens (including phenoxy) is 1. The molecule has 3 heterocycles. The third-order valence-electron chi connectivity index (χ3n) is 3.89. The Morgan fingerprint density at radius 2 is 1.93 bits per heavy atom. The lowest BCUT2D eigenvalue weighted by Gasteiger charge is -2.11. The second kappa shape index (κ2) is 7.89. The summed E-state index contributed by atoms with van der Waals surface area (Å²) in [5, 5.41) is 13.5. The van der Waals surface area contributed by atoms with Crippen LogP contribution in [0.3, 0.4) is 0 Å². The maximum absolute atomic E-state index is 12.5. The quantitative estimate of drug-likeness (QED) is 0.413. The third-order valence-corrected chi connectivity index (χ3v) is 3.89. The number of aromatic amines is 1. The minimum absolute atomic E-state index is 0.0131. The Hall–Kier alpha value is -3.83. The molecular weight excluding hydrogens is 403 g/mol. The molecule has 3 aromatic heterocycles. The first-order chi connectivity index (χ1) is 14.3. The molecule has 4 rings (SSSR count). The lowest BCUT2D eigenvalue weighted by Crippen LogP contribution is -2.20. The number of aryl methyl sites for hydroxylation is 1. The molecule has 0 saturated carbocycles. The maximum Gasteiger partial charge on any atom is 0.422 e. The number of nitrogens with one attached hydrogen (secondary N) is 3. The van der Waals surface area contributed by atoms with Crippen LogP contribution in [0, 0.1) is 6.92 Å². The molecule has 9 nitrogen and oxygen atoms in total. The number of aromatic nitrogens is 5. The van der Waals surface area contributed by atoms with Crippen LogP contribution in [0.4, 0.5) is 30.8 Å². The number of nitrogens with zero attached hydrogens (tertiary/aromatic N) is 4. The van der Waals surface area contributed by atoms with Crippen molar-refractivity contribution in [3.8, 4) is 6.01 Å². The van der Waals surface area contributed by atoms with Gasteiger partial charge in [-0.15, -0.1) is 0 Å². The molecule has 0 aliphatic heterocycles. The Kier molecular flexibility index (Phi) is 5.12. The van der Waals surface area contributed by atoms with Crippen molar-refractivity contribution in [2.45, 2.75) is 19.6 Å². The van der Waals surface area contributed by atoms with E-state index in [0.29, 0.717) is 11.4 Å². The molecule has 0 amide bonds. The highest BCUT2D eigenvalue weighted by molar-refractivity contribution is 5.82.